The van der Waals surface area contributed by atoms with Crippen molar-refractivity contribution in [3.63, 3.8) is 0 Å². The van der Waals surface area contributed by atoms with Crippen LogP contribution in [0.4, 0.5) is 17.6 Å². The maximum atomic E-state index is 5.63. The van der Waals surface area contributed by atoms with Gasteiger partial charge >= 0.3 is 0 Å². The van der Waals surface area contributed by atoms with Crippen LogP contribution in [0.15, 0.2) is 6.07 Å². The molecule has 0 aromatic carbocycles. The third-order valence-electron chi connectivity index (χ3n) is 6.56. The zero-order valence-electron chi connectivity index (χ0n) is 18.2. The summed E-state index contributed by atoms with van der Waals surface area (Å²) in [6.07, 6.45) is 10.0. The van der Waals surface area contributed by atoms with Crippen molar-refractivity contribution in [1.82, 2.24) is 15.3 Å². The molecule has 2 aliphatic heterocycles. The van der Waals surface area contributed by atoms with Gasteiger partial charge in [0, 0.05) is 38.3 Å². The van der Waals surface area contributed by atoms with Crippen molar-refractivity contribution in [3.05, 3.63) is 6.07 Å². The van der Waals surface area contributed by atoms with Gasteiger partial charge in [0.2, 0.25) is 5.95 Å². The molecular weight excluding hydrogens is 396 g/mol. The number of ether oxygens (including phenoxy) is 1. The number of anilines is 3. The van der Waals surface area contributed by atoms with E-state index in [1.165, 1.54) is 51.4 Å². The predicted octanol–water partition coefficient (Wildman–Crippen LogP) is 3.56. The summed E-state index contributed by atoms with van der Waals surface area (Å²) < 4.78 is 5.53. The number of rotatable bonds is 4. The van der Waals surface area contributed by atoms with E-state index < -0.39 is 0 Å². The molecule has 0 amide bonds. The van der Waals surface area contributed by atoms with Gasteiger partial charge in [0.05, 0.1) is 13.2 Å². The van der Waals surface area contributed by atoms with Crippen LogP contribution in [-0.2, 0) is 4.74 Å². The number of thiocarbonyl (C=S) groups is 1. The summed E-state index contributed by atoms with van der Waals surface area (Å²) in [7, 11) is 0. The predicted molar refractivity (Wildman–Crippen MR) is 127 cm³/mol. The van der Waals surface area contributed by atoms with Gasteiger partial charge in [0.25, 0.3) is 0 Å². The molecule has 3 aliphatic rings. The first-order valence-corrected chi connectivity index (χ1v) is 12.1. The van der Waals surface area contributed by atoms with Crippen LogP contribution in [-0.4, -0.2) is 60.5 Å². The number of piperidine rings is 1. The molecule has 3 heterocycles. The molecule has 7 nitrogen and oxygen atoms in total. The minimum Gasteiger partial charge on any atom is -0.378 e. The lowest BCUT2D eigenvalue weighted by Gasteiger charge is -2.33. The molecule has 30 heavy (non-hydrogen) atoms. The first-order valence-electron chi connectivity index (χ1n) is 11.7. The Balaban J connectivity index is 1.48. The molecule has 166 valence electrons. The van der Waals surface area contributed by atoms with Gasteiger partial charge in [0.15, 0.2) is 5.11 Å². The molecule has 0 unspecified atom stereocenters. The van der Waals surface area contributed by atoms with Gasteiger partial charge in [-0.15, -0.1) is 0 Å². The molecule has 8 heteroatoms. The lowest BCUT2D eigenvalue weighted by molar-refractivity contribution is 0.122. The van der Waals surface area contributed by atoms with E-state index in [1.807, 2.05) is 0 Å². The Morgan fingerprint density at radius 2 is 1.53 bits per heavy atom. The van der Waals surface area contributed by atoms with Gasteiger partial charge in [-0.05, 0) is 43.8 Å². The first-order chi connectivity index (χ1) is 14.7. The second-order valence-corrected chi connectivity index (χ2v) is 9.37. The molecule has 0 bridgehead atoms. The van der Waals surface area contributed by atoms with Crippen LogP contribution in [0.5, 0.6) is 0 Å². The standard InChI is InChI=1S/C22H36N6OS/c1-17-8-10-27(11-9-17)19-16-20(28-12-14-29-15-13-28)25-21(24-19)26-22(30)23-18-6-4-2-3-5-7-18/h16-18H,2-15H2,1H3,(H2,23,24,25,26,30). The summed E-state index contributed by atoms with van der Waals surface area (Å²) in [5, 5.41) is 7.43. The number of morpholine rings is 1. The zero-order chi connectivity index (χ0) is 20.8. The molecule has 1 aliphatic carbocycles. The van der Waals surface area contributed by atoms with E-state index in [4.69, 9.17) is 26.9 Å². The van der Waals surface area contributed by atoms with E-state index in [1.54, 1.807) is 0 Å². The molecule has 1 aromatic heterocycles. The van der Waals surface area contributed by atoms with E-state index in [0.717, 1.165) is 56.9 Å². The highest BCUT2D eigenvalue weighted by Gasteiger charge is 2.21. The van der Waals surface area contributed by atoms with Crippen molar-refractivity contribution < 1.29 is 4.74 Å². The number of nitrogens with zero attached hydrogens (tertiary/aromatic N) is 4. The maximum Gasteiger partial charge on any atom is 0.232 e. The normalized spacial score (nSPS) is 21.9. The summed E-state index contributed by atoms with van der Waals surface area (Å²) >= 11 is 5.63. The Kier molecular flexibility index (Phi) is 7.60. The largest absolute Gasteiger partial charge is 0.378 e. The molecule has 4 rings (SSSR count). The molecule has 3 fully saturated rings. The van der Waals surface area contributed by atoms with E-state index in [0.29, 0.717) is 17.1 Å². The summed E-state index contributed by atoms with van der Waals surface area (Å²) in [4.78, 5) is 14.3. The van der Waals surface area contributed by atoms with E-state index >= 15 is 0 Å². The molecule has 0 radical (unpaired) electrons. The molecule has 0 spiro atoms. The lowest BCUT2D eigenvalue weighted by Crippen LogP contribution is -2.39. The van der Waals surface area contributed by atoms with Gasteiger partial charge in [-0.25, -0.2) is 0 Å². The molecular formula is C22H36N6OS. The first kappa shape index (κ1) is 21.6. The third-order valence-corrected chi connectivity index (χ3v) is 6.78. The van der Waals surface area contributed by atoms with Crippen LogP contribution in [0.25, 0.3) is 0 Å². The van der Waals surface area contributed by atoms with Crippen LogP contribution in [0, 0.1) is 5.92 Å². The lowest BCUT2D eigenvalue weighted by atomic mass is 9.99. The highest BCUT2D eigenvalue weighted by molar-refractivity contribution is 7.80. The van der Waals surface area contributed by atoms with Gasteiger partial charge in [0.1, 0.15) is 11.6 Å². The number of aromatic nitrogens is 2. The van der Waals surface area contributed by atoms with E-state index in [-0.39, 0.29) is 0 Å². The molecule has 1 saturated carbocycles. The summed E-state index contributed by atoms with van der Waals surface area (Å²) in [5.74, 6) is 3.34. The van der Waals surface area contributed by atoms with E-state index in [2.05, 4.69) is 33.4 Å². The highest BCUT2D eigenvalue weighted by atomic mass is 32.1. The van der Waals surface area contributed by atoms with Crippen molar-refractivity contribution >= 4 is 34.9 Å². The fraction of sp³-hybridized carbons (Fsp3) is 0.773. The maximum absolute atomic E-state index is 5.63. The van der Waals surface area contributed by atoms with Gasteiger partial charge < -0.3 is 25.2 Å². The molecule has 0 atom stereocenters. The summed E-state index contributed by atoms with van der Waals surface area (Å²) in [6, 6.07) is 2.59. The SMILES string of the molecule is CC1CCN(c2cc(N3CCOCC3)nc(NC(=S)NC3CCCCCC3)n2)CC1. The van der Waals surface area contributed by atoms with Crippen LogP contribution < -0.4 is 20.4 Å². The summed E-state index contributed by atoms with van der Waals surface area (Å²) in [6.45, 7) is 7.63. The summed E-state index contributed by atoms with van der Waals surface area (Å²) in [5.41, 5.74) is 0. The molecule has 2 saturated heterocycles. The molecule has 2 N–H and O–H groups in total. The minimum atomic E-state index is 0.456. The Labute approximate surface area is 186 Å². The van der Waals surface area contributed by atoms with Gasteiger partial charge in [-0.3, -0.25) is 0 Å². The quantitative estimate of drug-likeness (QED) is 0.553. The van der Waals surface area contributed by atoms with Crippen molar-refractivity contribution in [2.45, 2.75) is 64.3 Å². The monoisotopic (exact) mass is 432 g/mol. The van der Waals surface area contributed by atoms with Crippen molar-refractivity contribution in [2.75, 3.05) is 54.5 Å². The minimum absolute atomic E-state index is 0.456. The van der Waals surface area contributed by atoms with Crippen molar-refractivity contribution in [3.8, 4) is 0 Å². The average molecular weight is 433 g/mol. The zero-order valence-corrected chi connectivity index (χ0v) is 19.1. The van der Waals surface area contributed by atoms with E-state index in [9.17, 15) is 0 Å². The fourth-order valence-electron chi connectivity index (χ4n) is 4.58. The second-order valence-electron chi connectivity index (χ2n) is 8.96. The van der Waals surface area contributed by atoms with Crippen LogP contribution in [0.1, 0.15) is 58.3 Å². The smallest absolute Gasteiger partial charge is 0.232 e. The average Bonchev–Trinajstić information content (AvgIpc) is 3.03. The Bertz CT molecular complexity index is 695. The highest BCUT2D eigenvalue weighted by Crippen LogP contribution is 2.26. The van der Waals surface area contributed by atoms with Crippen LogP contribution in [0.3, 0.4) is 0 Å². The number of hydrogen-bond acceptors (Lipinski definition) is 6. The topological polar surface area (TPSA) is 65.6 Å². The third kappa shape index (κ3) is 5.94. The van der Waals surface area contributed by atoms with Crippen molar-refractivity contribution in [1.29, 1.82) is 0 Å². The number of hydrogen-bond donors (Lipinski definition) is 2. The van der Waals surface area contributed by atoms with Crippen LogP contribution in [0.2, 0.25) is 0 Å². The van der Waals surface area contributed by atoms with Crippen molar-refractivity contribution in [2.24, 2.45) is 5.92 Å². The number of nitrogens with one attached hydrogen (secondary N) is 2. The Hall–Kier alpha value is -1.67. The fourth-order valence-corrected chi connectivity index (χ4v) is 4.84. The Morgan fingerprint density at radius 3 is 2.17 bits per heavy atom. The van der Waals surface area contributed by atoms with Gasteiger partial charge in [-0.1, -0.05) is 32.6 Å². The molecule has 1 aromatic rings. The van der Waals surface area contributed by atoms with Gasteiger partial charge in [-0.2, -0.15) is 9.97 Å². The van der Waals surface area contributed by atoms with Crippen LogP contribution >= 0.6 is 12.2 Å². The second kappa shape index (κ2) is 10.6. The Morgan fingerprint density at radius 1 is 0.933 bits per heavy atom.